The van der Waals surface area contributed by atoms with Crippen LogP contribution in [0.4, 0.5) is 0 Å². The van der Waals surface area contributed by atoms with Crippen molar-refractivity contribution in [3.8, 4) is 0 Å². The molecule has 0 atom stereocenters. The molecular formula is C9H10ClNO2S. The van der Waals surface area contributed by atoms with Crippen LogP contribution in [0.15, 0.2) is 23.1 Å². The van der Waals surface area contributed by atoms with E-state index in [1.807, 2.05) is 0 Å². The highest BCUT2D eigenvalue weighted by Gasteiger charge is 2.05. The molecule has 0 saturated heterocycles. The van der Waals surface area contributed by atoms with Gasteiger partial charge in [0.2, 0.25) is 0 Å². The number of carboxylic acid groups (broad SMARTS) is 1. The number of carbonyl (C=O) groups is 1. The topological polar surface area (TPSA) is 49.3 Å². The van der Waals surface area contributed by atoms with Crippen molar-refractivity contribution in [2.24, 2.45) is 0 Å². The van der Waals surface area contributed by atoms with E-state index in [4.69, 9.17) is 16.7 Å². The van der Waals surface area contributed by atoms with E-state index in [0.717, 1.165) is 4.88 Å². The van der Waals surface area contributed by atoms with Gasteiger partial charge >= 0.3 is 5.97 Å². The molecule has 0 aromatic carbocycles. The van der Waals surface area contributed by atoms with Crippen LogP contribution >= 0.6 is 22.9 Å². The zero-order chi connectivity index (χ0) is 10.6. The highest BCUT2D eigenvalue weighted by Crippen LogP contribution is 2.14. The predicted octanol–water partition coefficient (Wildman–Crippen LogP) is 2.29. The molecule has 0 fully saturated rings. The van der Waals surface area contributed by atoms with Crippen LogP contribution in [0.5, 0.6) is 0 Å². The third-order valence-electron chi connectivity index (χ3n) is 1.52. The number of nitrogens with one attached hydrogen (secondary N) is 1. The number of hydrogen-bond acceptors (Lipinski definition) is 3. The normalized spacial score (nSPS) is 10.1. The predicted molar refractivity (Wildman–Crippen MR) is 58.0 cm³/mol. The van der Waals surface area contributed by atoms with Gasteiger partial charge in [0.05, 0.1) is 5.56 Å². The molecule has 5 heteroatoms. The molecule has 0 spiro atoms. The summed E-state index contributed by atoms with van der Waals surface area (Å²) in [5.74, 6) is -0.894. The van der Waals surface area contributed by atoms with Gasteiger partial charge in [-0.15, -0.1) is 11.3 Å². The maximum Gasteiger partial charge on any atom is 0.336 e. The molecule has 0 bridgehead atoms. The van der Waals surface area contributed by atoms with E-state index in [9.17, 15) is 4.79 Å². The van der Waals surface area contributed by atoms with Crippen molar-refractivity contribution >= 4 is 28.9 Å². The van der Waals surface area contributed by atoms with Gasteiger partial charge in [0.1, 0.15) is 0 Å². The molecule has 2 N–H and O–H groups in total. The molecule has 1 aromatic rings. The third-order valence-corrected chi connectivity index (χ3v) is 2.59. The Balaban J connectivity index is 2.44. The monoisotopic (exact) mass is 231 g/mol. The van der Waals surface area contributed by atoms with Gasteiger partial charge in [0, 0.05) is 28.4 Å². The zero-order valence-electron chi connectivity index (χ0n) is 7.42. The molecule has 14 heavy (non-hydrogen) atoms. The SMILES string of the molecule is C=C(Cl)CNCc1cc(C(=O)O)cs1. The fraction of sp³-hybridized carbons (Fsp3) is 0.222. The van der Waals surface area contributed by atoms with E-state index in [2.05, 4.69) is 11.9 Å². The summed E-state index contributed by atoms with van der Waals surface area (Å²) in [7, 11) is 0. The van der Waals surface area contributed by atoms with Crippen LogP contribution in [0, 0.1) is 0 Å². The van der Waals surface area contributed by atoms with Crippen molar-refractivity contribution in [3.63, 3.8) is 0 Å². The van der Waals surface area contributed by atoms with Crippen molar-refractivity contribution in [2.45, 2.75) is 6.54 Å². The summed E-state index contributed by atoms with van der Waals surface area (Å²) in [6.45, 7) is 4.68. The Kier molecular flexibility index (Phi) is 4.13. The van der Waals surface area contributed by atoms with Crippen molar-refractivity contribution in [2.75, 3.05) is 6.54 Å². The summed E-state index contributed by atoms with van der Waals surface area (Å²) in [4.78, 5) is 11.5. The quantitative estimate of drug-likeness (QED) is 0.818. The first-order valence-electron chi connectivity index (χ1n) is 3.94. The van der Waals surface area contributed by atoms with Gasteiger partial charge in [0.15, 0.2) is 0 Å². The molecular weight excluding hydrogens is 222 g/mol. The van der Waals surface area contributed by atoms with Gasteiger partial charge in [-0.05, 0) is 6.07 Å². The number of carboxylic acids is 1. The van der Waals surface area contributed by atoms with Crippen molar-refractivity contribution < 1.29 is 9.90 Å². The zero-order valence-corrected chi connectivity index (χ0v) is 8.99. The number of thiophene rings is 1. The molecule has 0 saturated carbocycles. The number of rotatable bonds is 5. The Morgan fingerprint density at radius 3 is 2.93 bits per heavy atom. The first-order chi connectivity index (χ1) is 6.59. The summed E-state index contributed by atoms with van der Waals surface area (Å²) < 4.78 is 0. The highest BCUT2D eigenvalue weighted by atomic mass is 35.5. The molecule has 0 aliphatic heterocycles. The van der Waals surface area contributed by atoms with E-state index < -0.39 is 5.97 Å². The van der Waals surface area contributed by atoms with Crippen LogP contribution in [0.25, 0.3) is 0 Å². The van der Waals surface area contributed by atoms with Gasteiger partial charge < -0.3 is 10.4 Å². The molecule has 76 valence electrons. The van der Waals surface area contributed by atoms with Gasteiger partial charge in [-0.1, -0.05) is 18.2 Å². The molecule has 0 amide bonds. The van der Waals surface area contributed by atoms with E-state index in [-0.39, 0.29) is 0 Å². The summed E-state index contributed by atoms with van der Waals surface area (Å²) >= 11 is 6.97. The Morgan fingerprint density at radius 1 is 1.71 bits per heavy atom. The van der Waals surface area contributed by atoms with Crippen LogP contribution in [0.3, 0.4) is 0 Å². The molecule has 1 aromatic heterocycles. The van der Waals surface area contributed by atoms with Gasteiger partial charge in [-0.2, -0.15) is 0 Å². The lowest BCUT2D eigenvalue weighted by molar-refractivity contribution is 0.0697. The maximum atomic E-state index is 10.5. The number of aromatic carboxylic acids is 1. The second-order valence-electron chi connectivity index (χ2n) is 2.73. The average molecular weight is 232 g/mol. The molecule has 1 heterocycles. The Bertz CT molecular complexity index is 348. The first kappa shape index (κ1) is 11.2. The van der Waals surface area contributed by atoms with Crippen molar-refractivity contribution in [3.05, 3.63) is 33.5 Å². The highest BCUT2D eigenvalue weighted by molar-refractivity contribution is 7.10. The van der Waals surface area contributed by atoms with Gasteiger partial charge in [-0.25, -0.2) is 4.79 Å². The maximum absolute atomic E-state index is 10.5. The van der Waals surface area contributed by atoms with Gasteiger partial charge in [0.25, 0.3) is 0 Å². The van der Waals surface area contributed by atoms with Gasteiger partial charge in [-0.3, -0.25) is 0 Å². The number of halogens is 1. The van der Waals surface area contributed by atoms with Crippen molar-refractivity contribution in [1.29, 1.82) is 0 Å². The largest absolute Gasteiger partial charge is 0.478 e. The Labute approximate surface area is 91.0 Å². The van der Waals surface area contributed by atoms with Crippen LogP contribution in [-0.2, 0) is 6.54 Å². The average Bonchev–Trinajstić information content (AvgIpc) is 2.52. The smallest absolute Gasteiger partial charge is 0.336 e. The molecule has 0 unspecified atom stereocenters. The Morgan fingerprint density at radius 2 is 2.43 bits per heavy atom. The number of hydrogen-bond donors (Lipinski definition) is 2. The molecule has 1 rings (SSSR count). The Hall–Kier alpha value is -0.840. The van der Waals surface area contributed by atoms with E-state index >= 15 is 0 Å². The van der Waals surface area contributed by atoms with Crippen LogP contribution in [-0.4, -0.2) is 17.6 Å². The van der Waals surface area contributed by atoms with E-state index in [1.54, 1.807) is 11.4 Å². The van der Waals surface area contributed by atoms with Crippen LogP contribution in [0.1, 0.15) is 15.2 Å². The standard InChI is InChI=1S/C9H10ClNO2S/c1-6(10)3-11-4-8-2-7(5-14-8)9(12)13/h2,5,11H,1,3-4H2,(H,12,13). The molecule has 0 aliphatic carbocycles. The molecule has 0 radical (unpaired) electrons. The summed E-state index contributed by atoms with van der Waals surface area (Å²) in [5, 5.41) is 13.9. The molecule has 0 aliphatic rings. The second-order valence-corrected chi connectivity index (χ2v) is 4.26. The minimum atomic E-state index is -0.894. The summed E-state index contributed by atoms with van der Waals surface area (Å²) in [6.07, 6.45) is 0. The van der Waals surface area contributed by atoms with E-state index in [1.165, 1.54) is 11.3 Å². The fourth-order valence-corrected chi connectivity index (χ4v) is 1.83. The fourth-order valence-electron chi connectivity index (χ4n) is 0.907. The van der Waals surface area contributed by atoms with Crippen molar-refractivity contribution in [1.82, 2.24) is 5.32 Å². The minimum Gasteiger partial charge on any atom is -0.478 e. The van der Waals surface area contributed by atoms with E-state index in [0.29, 0.717) is 23.7 Å². The van der Waals surface area contributed by atoms with Crippen LogP contribution < -0.4 is 5.32 Å². The van der Waals surface area contributed by atoms with Crippen LogP contribution in [0.2, 0.25) is 0 Å². The second kappa shape index (κ2) is 5.14. The minimum absolute atomic E-state index is 0.330. The lowest BCUT2D eigenvalue weighted by Crippen LogP contribution is -2.13. The first-order valence-corrected chi connectivity index (χ1v) is 5.20. The lowest BCUT2D eigenvalue weighted by atomic mass is 10.3. The lowest BCUT2D eigenvalue weighted by Gasteiger charge is -1.99. The third kappa shape index (κ3) is 3.49. The summed E-state index contributed by atoms with van der Waals surface area (Å²) in [5.41, 5.74) is 0.330. The molecule has 3 nitrogen and oxygen atoms in total. The summed E-state index contributed by atoms with van der Waals surface area (Å²) in [6, 6.07) is 1.65.